The number of hydrogen-bond donors (Lipinski definition) is 0. The van der Waals surface area contributed by atoms with Crippen LogP contribution in [0.3, 0.4) is 0 Å². The van der Waals surface area contributed by atoms with Gasteiger partial charge in [-0.1, -0.05) is 146 Å². The first kappa shape index (κ1) is 33.2. The molecule has 0 amide bonds. The molecule has 0 bridgehead atoms. The van der Waals surface area contributed by atoms with Crippen LogP contribution in [0.4, 0.5) is 17.1 Å². The molecule has 11 aromatic rings. The van der Waals surface area contributed by atoms with Crippen molar-refractivity contribution in [3.8, 4) is 44.5 Å². The van der Waals surface area contributed by atoms with E-state index < -0.39 is 0 Å². The van der Waals surface area contributed by atoms with E-state index in [0.717, 1.165) is 33.8 Å². The van der Waals surface area contributed by atoms with Gasteiger partial charge in [0.2, 0.25) is 0 Å². The van der Waals surface area contributed by atoms with Gasteiger partial charge in [0.25, 0.3) is 0 Å². The SMILES string of the molecule is c1ccc(-c2ccc(N(c3ccc(-c4ccccc4)cc3)c3ccc(-c4cccc(-c5cccc6oc7ccc8c9ccccc9sc8c7c56)c4)cc3)cc2)cc1. The number of nitrogens with zero attached hydrogens (tertiary/aromatic N) is 1. The zero-order chi connectivity index (χ0) is 37.7. The molecule has 0 unspecified atom stereocenters. The number of benzene rings is 9. The summed E-state index contributed by atoms with van der Waals surface area (Å²) in [5.41, 5.74) is 14.6. The van der Waals surface area contributed by atoms with Crippen molar-refractivity contribution in [1.82, 2.24) is 0 Å². The fourth-order valence-electron chi connectivity index (χ4n) is 8.31. The van der Waals surface area contributed by atoms with Crippen LogP contribution in [0.25, 0.3) is 86.6 Å². The van der Waals surface area contributed by atoms with E-state index in [1.807, 2.05) is 11.3 Å². The lowest BCUT2D eigenvalue weighted by Gasteiger charge is -2.26. The predicted octanol–water partition coefficient (Wildman–Crippen LogP) is 16.1. The van der Waals surface area contributed by atoms with Gasteiger partial charge in [0.1, 0.15) is 11.2 Å². The lowest BCUT2D eigenvalue weighted by molar-refractivity contribution is 0.669. The summed E-state index contributed by atoms with van der Waals surface area (Å²) in [6.07, 6.45) is 0. The molecule has 0 atom stereocenters. The van der Waals surface area contributed by atoms with E-state index in [1.54, 1.807) is 0 Å². The van der Waals surface area contributed by atoms with E-state index in [0.29, 0.717) is 0 Å². The molecular formula is C54H35NOS. The fourth-order valence-corrected chi connectivity index (χ4v) is 9.56. The first-order valence-electron chi connectivity index (χ1n) is 19.3. The second-order valence-corrected chi connectivity index (χ2v) is 15.5. The Hall–Kier alpha value is -7.20. The van der Waals surface area contributed by atoms with Crippen molar-refractivity contribution in [2.45, 2.75) is 0 Å². The third-order valence-electron chi connectivity index (χ3n) is 11.1. The van der Waals surface area contributed by atoms with Crippen molar-refractivity contribution in [2.24, 2.45) is 0 Å². The minimum absolute atomic E-state index is 0.913. The van der Waals surface area contributed by atoms with Crippen LogP contribution < -0.4 is 4.90 Å². The molecule has 2 aromatic heterocycles. The molecule has 0 aliphatic carbocycles. The zero-order valence-electron chi connectivity index (χ0n) is 31.0. The van der Waals surface area contributed by atoms with Gasteiger partial charge in [-0.05, 0) is 111 Å². The van der Waals surface area contributed by atoms with E-state index in [-0.39, 0.29) is 0 Å². The number of anilines is 3. The van der Waals surface area contributed by atoms with Crippen molar-refractivity contribution < 1.29 is 4.42 Å². The molecule has 0 fully saturated rings. The van der Waals surface area contributed by atoms with E-state index >= 15 is 0 Å². The Morgan fingerprint density at radius 2 is 0.825 bits per heavy atom. The Morgan fingerprint density at radius 1 is 0.333 bits per heavy atom. The smallest absolute Gasteiger partial charge is 0.136 e. The van der Waals surface area contributed by atoms with Gasteiger partial charge in [0.05, 0.1) is 0 Å². The van der Waals surface area contributed by atoms with Gasteiger partial charge < -0.3 is 9.32 Å². The molecule has 3 heteroatoms. The highest BCUT2D eigenvalue weighted by molar-refractivity contribution is 7.26. The number of furan rings is 1. The molecule has 2 heterocycles. The molecule has 0 saturated heterocycles. The van der Waals surface area contributed by atoms with Crippen LogP contribution in [-0.2, 0) is 0 Å². The lowest BCUT2D eigenvalue weighted by Crippen LogP contribution is -2.09. The average molecular weight is 746 g/mol. The van der Waals surface area contributed by atoms with E-state index in [4.69, 9.17) is 4.42 Å². The van der Waals surface area contributed by atoms with E-state index in [9.17, 15) is 0 Å². The fraction of sp³-hybridized carbons (Fsp3) is 0. The second-order valence-electron chi connectivity index (χ2n) is 14.5. The van der Waals surface area contributed by atoms with Crippen LogP contribution in [0.15, 0.2) is 217 Å². The van der Waals surface area contributed by atoms with Crippen LogP contribution >= 0.6 is 11.3 Å². The van der Waals surface area contributed by atoms with Crippen LogP contribution in [0.2, 0.25) is 0 Å². The molecule has 11 rings (SSSR count). The van der Waals surface area contributed by atoms with Crippen LogP contribution in [-0.4, -0.2) is 0 Å². The number of fused-ring (bicyclic) bond motifs is 7. The molecule has 9 aromatic carbocycles. The van der Waals surface area contributed by atoms with Gasteiger partial charge >= 0.3 is 0 Å². The highest BCUT2D eigenvalue weighted by Crippen LogP contribution is 2.45. The van der Waals surface area contributed by atoms with Gasteiger partial charge in [-0.25, -0.2) is 0 Å². The minimum Gasteiger partial charge on any atom is -0.456 e. The summed E-state index contributed by atoms with van der Waals surface area (Å²) in [7, 11) is 0. The van der Waals surface area contributed by atoms with Crippen molar-refractivity contribution in [3.63, 3.8) is 0 Å². The highest BCUT2D eigenvalue weighted by atomic mass is 32.1. The van der Waals surface area contributed by atoms with Gasteiger partial charge in [0, 0.05) is 48.0 Å². The topological polar surface area (TPSA) is 16.4 Å². The van der Waals surface area contributed by atoms with Gasteiger partial charge in [-0.2, -0.15) is 0 Å². The Balaban J connectivity index is 0.975. The molecular weight excluding hydrogens is 711 g/mol. The third-order valence-corrected chi connectivity index (χ3v) is 12.3. The maximum Gasteiger partial charge on any atom is 0.136 e. The summed E-state index contributed by atoms with van der Waals surface area (Å²) in [5.74, 6) is 0. The summed E-state index contributed by atoms with van der Waals surface area (Å²) >= 11 is 1.85. The van der Waals surface area contributed by atoms with Crippen molar-refractivity contribution in [3.05, 3.63) is 212 Å². The van der Waals surface area contributed by atoms with E-state index in [2.05, 4.69) is 217 Å². The minimum atomic E-state index is 0.913. The summed E-state index contributed by atoms with van der Waals surface area (Å²) in [4.78, 5) is 2.34. The Labute approximate surface area is 335 Å². The largest absolute Gasteiger partial charge is 0.456 e. The highest BCUT2D eigenvalue weighted by Gasteiger charge is 2.19. The summed E-state index contributed by atoms with van der Waals surface area (Å²) in [6, 6.07) is 76.2. The Bertz CT molecular complexity index is 3110. The molecule has 57 heavy (non-hydrogen) atoms. The van der Waals surface area contributed by atoms with Crippen molar-refractivity contribution >= 4 is 70.5 Å². The first-order chi connectivity index (χ1) is 28.2. The quantitative estimate of drug-likeness (QED) is 0.162. The molecule has 268 valence electrons. The normalized spacial score (nSPS) is 11.5. The number of rotatable bonds is 7. The van der Waals surface area contributed by atoms with E-state index in [1.165, 1.54) is 69.9 Å². The summed E-state index contributed by atoms with van der Waals surface area (Å²) in [6.45, 7) is 0. The third kappa shape index (κ3) is 5.88. The predicted molar refractivity (Wildman–Crippen MR) is 243 cm³/mol. The maximum absolute atomic E-state index is 6.50. The van der Waals surface area contributed by atoms with Crippen molar-refractivity contribution in [2.75, 3.05) is 4.90 Å². The number of hydrogen-bond acceptors (Lipinski definition) is 3. The molecule has 0 aliphatic rings. The first-order valence-corrected chi connectivity index (χ1v) is 20.1. The van der Waals surface area contributed by atoms with Gasteiger partial charge in [0.15, 0.2) is 0 Å². The Kier molecular flexibility index (Phi) is 8.04. The monoisotopic (exact) mass is 745 g/mol. The van der Waals surface area contributed by atoms with Crippen molar-refractivity contribution in [1.29, 1.82) is 0 Å². The Morgan fingerprint density at radius 3 is 1.46 bits per heavy atom. The molecule has 0 radical (unpaired) electrons. The zero-order valence-corrected chi connectivity index (χ0v) is 31.8. The molecule has 2 nitrogen and oxygen atoms in total. The van der Waals surface area contributed by atoms with Crippen LogP contribution in [0, 0.1) is 0 Å². The molecule has 0 saturated carbocycles. The summed E-state index contributed by atoms with van der Waals surface area (Å²) < 4.78 is 9.08. The lowest BCUT2D eigenvalue weighted by atomic mass is 9.95. The average Bonchev–Trinajstić information content (AvgIpc) is 3.87. The summed E-state index contributed by atoms with van der Waals surface area (Å²) in [5, 5.41) is 4.94. The maximum atomic E-state index is 6.50. The molecule has 0 aliphatic heterocycles. The standard InChI is InChI=1S/C54H35NOS/c1-3-11-36(12-4-1)38-21-27-43(28-22-38)55(44-29-23-39(24-30-44)37-13-5-2-6-14-37)45-31-25-40(26-32-45)41-15-9-16-42(35-41)46-18-10-19-49-52(46)53-50(56-49)34-33-48-47-17-7-8-20-51(47)57-54(48)53/h1-35H. The van der Waals surface area contributed by atoms with Crippen LogP contribution in [0.5, 0.6) is 0 Å². The van der Waals surface area contributed by atoms with Crippen LogP contribution in [0.1, 0.15) is 0 Å². The van der Waals surface area contributed by atoms with Gasteiger partial charge in [-0.3, -0.25) is 0 Å². The molecule has 0 N–H and O–H groups in total. The number of thiophene rings is 1. The second kappa shape index (κ2) is 13.8. The van der Waals surface area contributed by atoms with Gasteiger partial charge in [-0.15, -0.1) is 11.3 Å². The molecule has 0 spiro atoms.